The average molecular weight is 344 g/mol. The maximum absolute atomic E-state index is 13.4. The van der Waals surface area contributed by atoms with Crippen LogP contribution in [-0.2, 0) is 9.59 Å². The molecule has 132 valence electrons. The Labute approximate surface area is 146 Å². The Hall–Kier alpha value is -2.89. The second-order valence-corrected chi connectivity index (χ2v) is 5.50. The minimum absolute atomic E-state index is 0.114. The van der Waals surface area contributed by atoms with E-state index in [-0.39, 0.29) is 37.1 Å². The molecule has 0 aliphatic rings. The fourth-order valence-corrected chi connectivity index (χ4v) is 2.35. The van der Waals surface area contributed by atoms with E-state index in [9.17, 15) is 14.0 Å². The van der Waals surface area contributed by atoms with Crippen molar-refractivity contribution in [3.05, 3.63) is 66.0 Å². The molecule has 0 fully saturated rings. The summed E-state index contributed by atoms with van der Waals surface area (Å²) in [5, 5.41) is 5.48. The Kier molecular flexibility index (Phi) is 6.95. The molecule has 0 spiro atoms. The third-order valence-electron chi connectivity index (χ3n) is 3.49. The third kappa shape index (κ3) is 6.25. The number of ether oxygens (including phenoxy) is 1. The molecule has 0 heterocycles. The SMILES string of the molecule is CC(=O)N[C@H](CC(=O)NCCOc1ccccc1F)c1ccccc1. The number of hydrogen-bond donors (Lipinski definition) is 2. The van der Waals surface area contributed by atoms with Gasteiger partial charge >= 0.3 is 0 Å². The number of hydrogen-bond acceptors (Lipinski definition) is 3. The summed E-state index contributed by atoms with van der Waals surface area (Å²) < 4.78 is 18.7. The highest BCUT2D eigenvalue weighted by atomic mass is 19.1. The lowest BCUT2D eigenvalue weighted by Crippen LogP contribution is -2.34. The molecule has 2 N–H and O–H groups in total. The zero-order valence-electron chi connectivity index (χ0n) is 14.0. The largest absolute Gasteiger partial charge is 0.489 e. The minimum atomic E-state index is -0.441. The van der Waals surface area contributed by atoms with Crippen LogP contribution in [0.25, 0.3) is 0 Å². The summed E-state index contributed by atoms with van der Waals surface area (Å²) in [5.74, 6) is -0.718. The number of carbonyl (C=O) groups excluding carboxylic acids is 2. The normalized spacial score (nSPS) is 11.4. The predicted molar refractivity (Wildman–Crippen MR) is 92.5 cm³/mol. The van der Waals surface area contributed by atoms with Crippen molar-refractivity contribution in [3.8, 4) is 5.75 Å². The van der Waals surface area contributed by atoms with E-state index < -0.39 is 11.9 Å². The van der Waals surface area contributed by atoms with E-state index in [1.165, 1.54) is 19.1 Å². The van der Waals surface area contributed by atoms with Crippen molar-refractivity contribution < 1.29 is 18.7 Å². The smallest absolute Gasteiger partial charge is 0.222 e. The summed E-state index contributed by atoms with van der Waals surface area (Å²) in [6.45, 7) is 1.81. The van der Waals surface area contributed by atoms with Gasteiger partial charge in [-0.3, -0.25) is 9.59 Å². The van der Waals surface area contributed by atoms with Crippen LogP contribution in [0.5, 0.6) is 5.75 Å². The molecule has 0 aromatic heterocycles. The lowest BCUT2D eigenvalue weighted by Gasteiger charge is -2.18. The van der Waals surface area contributed by atoms with E-state index >= 15 is 0 Å². The quantitative estimate of drug-likeness (QED) is 0.724. The Bertz CT molecular complexity index is 707. The molecule has 0 aliphatic carbocycles. The first-order valence-corrected chi connectivity index (χ1v) is 8.02. The summed E-state index contributed by atoms with van der Waals surface area (Å²) in [6, 6.07) is 15.0. The van der Waals surface area contributed by atoms with Crippen LogP contribution < -0.4 is 15.4 Å². The summed E-state index contributed by atoms with van der Waals surface area (Å²) in [6.07, 6.45) is 0.114. The van der Waals surface area contributed by atoms with Crippen LogP contribution in [0.4, 0.5) is 4.39 Å². The van der Waals surface area contributed by atoms with E-state index in [4.69, 9.17) is 4.74 Å². The van der Waals surface area contributed by atoms with E-state index in [0.717, 1.165) is 5.56 Å². The topological polar surface area (TPSA) is 67.4 Å². The third-order valence-corrected chi connectivity index (χ3v) is 3.49. The van der Waals surface area contributed by atoms with Gasteiger partial charge in [0.05, 0.1) is 19.0 Å². The van der Waals surface area contributed by atoms with Crippen LogP contribution in [-0.4, -0.2) is 25.0 Å². The van der Waals surface area contributed by atoms with Gasteiger partial charge < -0.3 is 15.4 Å². The second-order valence-electron chi connectivity index (χ2n) is 5.50. The van der Waals surface area contributed by atoms with Gasteiger partial charge in [0, 0.05) is 6.92 Å². The molecule has 0 radical (unpaired) electrons. The van der Waals surface area contributed by atoms with Gasteiger partial charge in [0.2, 0.25) is 11.8 Å². The molecule has 2 amide bonds. The van der Waals surface area contributed by atoms with Gasteiger partial charge in [-0.2, -0.15) is 0 Å². The number of para-hydroxylation sites is 1. The number of halogens is 1. The van der Waals surface area contributed by atoms with Gasteiger partial charge in [-0.05, 0) is 17.7 Å². The first kappa shape index (κ1) is 18.4. The molecule has 0 bridgehead atoms. The maximum Gasteiger partial charge on any atom is 0.222 e. The van der Waals surface area contributed by atoms with Gasteiger partial charge in [-0.1, -0.05) is 42.5 Å². The molecule has 5 nitrogen and oxygen atoms in total. The number of carbonyl (C=O) groups is 2. The first-order valence-electron chi connectivity index (χ1n) is 8.02. The number of benzene rings is 2. The van der Waals surface area contributed by atoms with E-state index in [1.807, 2.05) is 30.3 Å². The summed E-state index contributed by atoms with van der Waals surface area (Å²) in [5.41, 5.74) is 0.857. The van der Waals surface area contributed by atoms with E-state index in [0.29, 0.717) is 0 Å². The summed E-state index contributed by atoms with van der Waals surface area (Å²) in [7, 11) is 0. The lowest BCUT2D eigenvalue weighted by molar-refractivity contribution is -0.122. The zero-order chi connectivity index (χ0) is 18.1. The highest BCUT2D eigenvalue weighted by Crippen LogP contribution is 2.17. The van der Waals surface area contributed by atoms with Crippen molar-refractivity contribution in [1.82, 2.24) is 10.6 Å². The minimum Gasteiger partial charge on any atom is -0.489 e. The van der Waals surface area contributed by atoms with Crippen molar-refractivity contribution in [2.45, 2.75) is 19.4 Å². The number of nitrogens with one attached hydrogen (secondary N) is 2. The van der Waals surface area contributed by atoms with Crippen LogP contribution in [0.1, 0.15) is 24.9 Å². The van der Waals surface area contributed by atoms with Gasteiger partial charge in [0.25, 0.3) is 0 Å². The van der Waals surface area contributed by atoms with Gasteiger partial charge in [0.1, 0.15) is 6.61 Å². The maximum atomic E-state index is 13.4. The Morgan fingerprint density at radius 3 is 2.44 bits per heavy atom. The Morgan fingerprint density at radius 1 is 1.08 bits per heavy atom. The molecule has 0 saturated heterocycles. The number of rotatable bonds is 8. The summed E-state index contributed by atoms with van der Waals surface area (Å²) >= 11 is 0. The fraction of sp³-hybridized carbons (Fsp3) is 0.263. The molecule has 2 aromatic carbocycles. The molecule has 0 saturated carbocycles. The molecular formula is C19H21FN2O3. The second kappa shape index (κ2) is 9.42. The van der Waals surface area contributed by atoms with Crippen molar-refractivity contribution in [2.24, 2.45) is 0 Å². The van der Waals surface area contributed by atoms with E-state index in [1.54, 1.807) is 12.1 Å². The van der Waals surface area contributed by atoms with Crippen molar-refractivity contribution in [1.29, 1.82) is 0 Å². The van der Waals surface area contributed by atoms with E-state index in [2.05, 4.69) is 10.6 Å². The van der Waals surface area contributed by atoms with Crippen LogP contribution in [0.2, 0.25) is 0 Å². The molecule has 25 heavy (non-hydrogen) atoms. The monoisotopic (exact) mass is 344 g/mol. The first-order chi connectivity index (χ1) is 12.1. The van der Waals surface area contributed by atoms with Crippen LogP contribution in [0.3, 0.4) is 0 Å². The van der Waals surface area contributed by atoms with Crippen LogP contribution >= 0.6 is 0 Å². The Morgan fingerprint density at radius 2 is 1.76 bits per heavy atom. The van der Waals surface area contributed by atoms with Gasteiger partial charge in [0.15, 0.2) is 11.6 Å². The van der Waals surface area contributed by atoms with Gasteiger partial charge in [-0.15, -0.1) is 0 Å². The van der Waals surface area contributed by atoms with Gasteiger partial charge in [-0.25, -0.2) is 4.39 Å². The van der Waals surface area contributed by atoms with Crippen molar-refractivity contribution in [2.75, 3.05) is 13.2 Å². The fourth-order valence-electron chi connectivity index (χ4n) is 2.35. The van der Waals surface area contributed by atoms with Crippen molar-refractivity contribution >= 4 is 11.8 Å². The number of amides is 2. The summed E-state index contributed by atoms with van der Waals surface area (Å²) in [4.78, 5) is 23.5. The average Bonchev–Trinajstić information content (AvgIpc) is 2.60. The molecule has 2 aromatic rings. The molecule has 0 unspecified atom stereocenters. The molecular weight excluding hydrogens is 323 g/mol. The van der Waals surface area contributed by atoms with Crippen LogP contribution in [0, 0.1) is 5.82 Å². The molecule has 1 atom stereocenters. The van der Waals surface area contributed by atoms with Crippen molar-refractivity contribution in [3.63, 3.8) is 0 Å². The standard InChI is InChI=1S/C19H21FN2O3/c1-14(23)22-17(15-7-3-2-4-8-15)13-19(24)21-11-12-25-18-10-6-5-9-16(18)20/h2-10,17H,11-13H2,1H3,(H,21,24)(H,22,23)/t17-/m1/s1. The Balaban J connectivity index is 1.81. The lowest BCUT2D eigenvalue weighted by atomic mass is 10.0. The van der Waals surface area contributed by atoms with Crippen LogP contribution in [0.15, 0.2) is 54.6 Å². The molecule has 6 heteroatoms. The molecule has 2 rings (SSSR count). The highest BCUT2D eigenvalue weighted by molar-refractivity contribution is 5.79. The zero-order valence-corrected chi connectivity index (χ0v) is 14.0. The predicted octanol–water partition coefficient (Wildman–Crippen LogP) is 2.59. The molecule has 0 aliphatic heterocycles. The highest BCUT2D eigenvalue weighted by Gasteiger charge is 2.16.